The predicted octanol–water partition coefficient (Wildman–Crippen LogP) is 4.09. The van der Waals surface area contributed by atoms with Gasteiger partial charge in [0.05, 0.1) is 11.4 Å². The van der Waals surface area contributed by atoms with Gasteiger partial charge in [-0.1, -0.05) is 12.1 Å². The molecule has 3 aromatic rings. The van der Waals surface area contributed by atoms with Crippen LogP contribution in [0, 0.1) is 11.6 Å². The first-order chi connectivity index (χ1) is 9.75. The molecule has 0 N–H and O–H groups in total. The highest BCUT2D eigenvalue weighted by molar-refractivity contribution is 5.70. The van der Waals surface area contributed by atoms with Gasteiger partial charge in [-0.05, 0) is 36.4 Å². The van der Waals surface area contributed by atoms with Gasteiger partial charge in [-0.2, -0.15) is 0 Å². The van der Waals surface area contributed by atoms with Crippen LogP contribution in [0.2, 0.25) is 0 Å². The van der Waals surface area contributed by atoms with E-state index >= 15 is 0 Å². The molecule has 98 valence electrons. The summed E-state index contributed by atoms with van der Waals surface area (Å²) in [6.45, 7) is 0. The molecule has 2 heterocycles. The summed E-state index contributed by atoms with van der Waals surface area (Å²) in [5, 5.41) is 0. The average molecular weight is 268 g/mol. The molecule has 0 atom stereocenters. The maximum absolute atomic E-state index is 14.6. The van der Waals surface area contributed by atoms with Crippen LogP contribution in [0.1, 0.15) is 0 Å². The first-order valence-corrected chi connectivity index (χ1v) is 6.07. The van der Waals surface area contributed by atoms with E-state index in [4.69, 9.17) is 0 Å². The monoisotopic (exact) mass is 268 g/mol. The molecule has 0 radical (unpaired) electrons. The summed E-state index contributed by atoms with van der Waals surface area (Å²) in [7, 11) is 0. The summed E-state index contributed by atoms with van der Waals surface area (Å²) < 4.78 is 28.3. The Bertz CT molecular complexity index is 667. The largest absolute Gasteiger partial charge is 0.256 e. The SMILES string of the molecule is Fc1cc(-c2ccccn2)c(F)c(-c2ccccn2)c1. The van der Waals surface area contributed by atoms with E-state index in [0.717, 1.165) is 12.1 Å². The second-order valence-corrected chi connectivity index (χ2v) is 4.24. The fraction of sp³-hybridized carbons (Fsp3) is 0. The third-order valence-corrected chi connectivity index (χ3v) is 2.92. The quantitative estimate of drug-likeness (QED) is 0.699. The van der Waals surface area contributed by atoms with Gasteiger partial charge in [0.2, 0.25) is 0 Å². The maximum atomic E-state index is 14.6. The van der Waals surface area contributed by atoms with E-state index in [0.29, 0.717) is 11.4 Å². The molecule has 4 heteroatoms. The molecule has 0 aliphatic rings. The minimum Gasteiger partial charge on any atom is -0.256 e. The Labute approximate surface area is 114 Å². The van der Waals surface area contributed by atoms with E-state index in [-0.39, 0.29) is 11.1 Å². The Morgan fingerprint density at radius 3 is 1.60 bits per heavy atom. The maximum Gasteiger partial charge on any atom is 0.142 e. The molecular formula is C16H10F2N2. The van der Waals surface area contributed by atoms with Crippen molar-refractivity contribution in [3.05, 3.63) is 72.6 Å². The Hall–Kier alpha value is -2.62. The molecule has 0 spiro atoms. The van der Waals surface area contributed by atoms with Crippen LogP contribution in [-0.2, 0) is 0 Å². The van der Waals surface area contributed by atoms with E-state index in [9.17, 15) is 8.78 Å². The molecule has 0 aliphatic carbocycles. The molecule has 3 rings (SSSR count). The lowest BCUT2D eigenvalue weighted by Crippen LogP contribution is -1.95. The molecule has 0 aliphatic heterocycles. The van der Waals surface area contributed by atoms with Crippen LogP contribution in [0.4, 0.5) is 8.78 Å². The van der Waals surface area contributed by atoms with E-state index in [2.05, 4.69) is 9.97 Å². The zero-order chi connectivity index (χ0) is 13.9. The third kappa shape index (κ3) is 2.28. The van der Waals surface area contributed by atoms with Crippen molar-refractivity contribution in [1.82, 2.24) is 9.97 Å². The topological polar surface area (TPSA) is 25.8 Å². The second-order valence-electron chi connectivity index (χ2n) is 4.24. The fourth-order valence-corrected chi connectivity index (χ4v) is 2.01. The predicted molar refractivity (Wildman–Crippen MR) is 72.8 cm³/mol. The van der Waals surface area contributed by atoms with Crippen LogP contribution in [0.5, 0.6) is 0 Å². The molecule has 0 unspecified atom stereocenters. The Balaban J connectivity index is 2.22. The zero-order valence-electron chi connectivity index (χ0n) is 10.4. The molecule has 0 amide bonds. The molecule has 20 heavy (non-hydrogen) atoms. The number of hydrogen-bond acceptors (Lipinski definition) is 2. The van der Waals surface area contributed by atoms with Gasteiger partial charge in [-0.15, -0.1) is 0 Å². The molecule has 0 bridgehead atoms. The van der Waals surface area contributed by atoms with Gasteiger partial charge >= 0.3 is 0 Å². The average Bonchev–Trinajstić information content (AvgIpc) is 2.51. The highest BCUT2D eigenvalue weighted by atomic mass is 19.1. The first-order valence-electron chi connectivity index (χ1n) is 6.07. The lowest BCUT2D eigenvalue weighted by atomic mass is 10.0. The number of rotatable bonds is 2. The number of hydrogen-bond donors (Lipinski definition) is 0. The summed E-state index contributed by atoms with van der Waals surface area (Å²) >= 11 is 0. The highest BCUT2D eigenvalue weighted by Gasteiger charge is 2.15. The zero-order valence-corrected chi connectivity index (χ0v) is 10.4. The van der Waals surface area contributed by atoms with E-state index in [1.54, 1.807) is 48.8 Å². The molecule has 2 nitrogen and oxygen atoms in total. The van der Waals surface area contributed by atoms with Crippen molar-refractivity contribution in [1.29, 1.82) is 0 Å². The number of pyridine rings is 2. The van der Waals surface area contributed by atoms with Gasteiger partial charge in [-0.3, -0.25) is 9.97 Å². The van der Waals surface area contributed by atoms with Crippen molar-refractivity contribution in [3.8, 4) is 22.5 Å². The van der Waals surface area contributed by atoms with Crippen LogP contribution in [-0.4, -0.2) is 9.97 Å². The highest BCUT2D eigenvalue weighted by Crippen LogP contribution is 2.30. The van der Waals surface area contributed by atoms with Crippen molar-refractivity contribution in [3.63, 3.8) is 0 Å². The third-order valence-electron chi connectivity index (χ3n) is 2.92. The molecular weight excluding hydrogens is 258 g/mol. The number of nitrogens with zero attached hydrogens (tertiary/aromatic N) is 2. The van der Waals surface area contributed by atoms with Gasteiger partial charge in [0.25, 0.3) is 0 Å². The first kappa shape index (κ1) is 12.4. The summed E-state index contributed by atoms with van der Waals surface area (Å²) in [4.78, 5) is 8.12. The van der Waals surface area contributed by atoms with Crippen LogP contribution >= 0.6 is 0 Å². The summed E-state index contributed by atoms with van der Waals surface area (Å²) in [6.07, 6.45) is 3.08. The standard InChI is InChI=1S/C16H10F2N2/c17-11-9-12(14-5-1-3-7-19-14)16(18)13(10-11)15-6-2-4-8-20-15/h1-10H. The van der Waals surface area contributed by atoms with Gasteiger partial charge in [0, 0.05) is 23.5 Å². The summed E-state index contributed by atoms with van der Waals surface area (Å²) in [5.41, 5.74) is 1.04. The van der Waals surface area contributed by atoms with Crippen molar-refractivity contribution in [2.75, 3.05) is 0 Å². The molecule has 2 aromatic heterocycles. The molecule has 0 fully saturated rings. The minimum absolute atomic E-state index is 0.131. The molecule has 1 aromatic carbocycles. The minimum atomic E-state index is -0.524. The van der Waals surface area contributed by atoms with Crippen molar-refractivity contribution in [2.24, 2.45) is 0 Å². The van der Waals surface area contributed by atoms with Crippen molar-refractivity contribution in [2.45, 2.75) is 0 Å². The normalized spacial score (nSPS) is 10.5. The fourth-order valence-electron chi connectivity index (χ4n) is 2.01. The van der Waals surface area contributed by atoms with Crippen molar-refractivity contribution < 1.29 is 8.78 Å². The van der Waals surface area contributed by atoms with Crippen LogP contribution in [0.25, 0.3) is 22.5 Å². The van der Waals surface area contributed by atoms with E-state index < -0.39 is 11.6 Å². The van der Waals surface area contributed by atoms with Gasteiger partial charge in [0.15, 0.2) is 0 Å². The number of halogens is 2. The van der Waals surface area contributed by atoms with Gasteiger partial charge in [-0.25, -0.2) is 8.78 Å². The molecule has 0 saturated heterocycles. The van der Waals surface area contributed by atoms with Crippen molar-refractivity contribution >= 4 is 0 Å². The van der Waals surface area contributed by atoms with E-state index in [1.807, 2.05) is 0 Å². The van der Waals surface area contributed by atoms with Crippen LogP contribution in [0.3, 0.4) is 0 Å². The lowest BCUT2D eigenvalue weighted by molar-refractivity contribution is 0.605. The number of aromatic nitrogens is 2. The van der Waals surface area contributed by atoms with E-state index in [1.165, 1.54) is 0 Å². The smallest absolute Gasteiger partial charge is 0.142 e. The van der Waals surface area contributed by atoms with Gasteiger partial charge in [0.1, 0.15) is 11.6 Å². The Kier molecular flexibility index (Phi) is 3.21. The lowest BCUT2D eigenvalue weighted by Gasteiger charge is -2.08. The number of benzene rings is 1. The van der Waals surface area contributed by atoms with Crippen LogP contribution in [0.15, 0.2) is 60.9 Å². The summed E-state index contributed by atoms with van der Waals surface area (Å²) in [5.74, 6) is -1.04. The molecule has 0 saturated carbocycles. The van der Waals surface area contributed by atoms with Crippen LogP contribution < -0.4 is 0 Å². The van der Waals surface area contributed by atoms with Gasteiger partial charge < -0.3 is 0 Å². The Morgan fingerprint density at radius 2 is 1.20 bits per heavy atom. The Morgan fingerprint density at radius 1 is 0.700 bits per heavy atom. The summed E-state index contributed by atoms with van der Waals surface area (Å²) in [6, 6.07) is 12.5. The second kappa shape index (κ2) is 5.17.